The minimum atomic E-state index is 0.913. The Kier molecular flexibility index (Phi) is 6.16. The quantitative estimate of drug-likeness (QED) is 0.183. The van der Waals surface area contributed by atoms with Crippen molar-refractivity contribution in [2.24, 2.45) is 0 Å². The highest BCUT2D eigenvalue weighted by molar-refractivity contribution is 7.26. The maximum absolute atomic E-state index is 6.27. The van der Waals surface area contributed by atoms with Gasteiger partial charge in [0.25, 0.3) is 0 Å². The first-order chi connectivity index (χ1) is 25.3. The number of benzene rings is 8. The van der Waals surface area contributed by atoms with Crippen LogP contribution in [0.2, 0.25) is 0 Å². The molecule has 0 N–H and O–H groups in total. The van der Waals surface area contributed by atoms with Crippen LogP contribution in [0.15, 0.2) is 180 Å². The molecular formula is C48H29NOS. The first kappa shape index (κ1) is 28.4. The highest BCUT2D eigenvalue weighted by Gasteiger charge is 2.18. The third kappa shape index (κ3) is 4.42. The summed E-state index contributed by atoms with van der Waals surface area (Å²) in [6.07, 6.45) is 0. The topological polar surface area (TPSA) is 18.1 Å². The van der Waals surface area contributed by atoms with E-state index in [1.54, 1.807) is 0 Å². The number of aromatic nitrogens is 1. The van der Waals surface area contributed by atoms with Gasteiger partial charge in [-0.25, -0.2) is 0 Å². The number of nitrogens with zero attached hydrogens (tertiary/aromatic N) is 1. The molecule has 2 nitrogen and oxygen atoms in total. The molecule has 0 fully saturated rings. The largest absolute Gasteiger partial charge is 0.456 e. The molecule has 0 amide bonds. The summed E-state index contributed by atoms with van der Waals surface area (Å²) in [6.45, 7) is 0. The molecule has 51 heavy (non-hydrogen) atoms. The molecule has 3 heterocycles. The maximum atomic E-state index is 6.27. The Bertz CT molecular complexity index is 3140. The Morgan fingerprint density at radius 2 is 1.04 bits per heavy atom. The normalized spacial score (nSPS) is 11.9. The third-order valence-corrected chi connectivity index (χ3v) is 11.6. The van der Waals surface area contributed by atoms with Crippen molar-refractivity contribution in [2.45, 2.75) is 0 Å². The number of thiophene rings is 1. The van der Waals surface area contributed by atoms with Crippen LogP contribution < -0.4 is 0 Å². The van der Waals surface area contributed by atoms with Crippen LogP contribution >= 0.6 is 11.3 Å². The van der Waals surface area contributed by atoms with Crippen LogP contribution in [-0.4, -0.2) is 4.57 Å². The summed E-state index contributed by atoms with van der Waals surface area (Å²) >= 11 is 1.88. The Morgan fingerprint density at radius 1 is 0.373 bits per heavy atom. The van der Waals surface area contributed by atoms with Gasteiger partial charge in [-0.1, -0.05) is 115 Å². The van der Waals surface area contributed by atoms with Gasteiger partial charge in [0.2, 0.25) is 0 Å². The predicted molar refractivity (Wildman–Crippen MR) is 217 cm³/mol. The van der Waals surface area contributed by atoms with E-state index in [0.29, 0.717) is 0 Å². The Morgan fingerprint density at radius 3 is 1.96 bits per heavy atom. The van der Waals surface area contributed by atoms with Crippen LogP contribution in [0.25, 0.3) is 103 Å². The fourth-order valence-electron chi connectivity index (χ4n) is 7.99. The molecule has 0 aliphatic rings. The molecule has 0 spiro atoms. The first-order valence-corrected chi connectivity index (χ1v) is 18.1. The molecule has 3 aromatic heterocycles. The second kappa shape index (κ2) is 11.0. The highest BCUT2D eigenvalue weighted by atomic mass is 32.1. The Labute approximate surface area is 298 Å². The lowest BCUT2D eigenvalue weighted by Crippen LogP contribution is -1.95. The van der Waals surface area contributed by atoms with E-state index in [0.717, 1.165) is 33.2 Å². The van der Waals surface area contributed by atoms with Gasteiger partial charge in [-0.2, -0.15) is 0 Å². The molecule has 3 heteroatoms. The number of para-hydroxylation sites is 2. The van der Waals surface area contributed by atoms with E-state index in [1.165, 1.54) is 69.8 Å². The molecular weight excluding hydrogens is 639 g/mol. The number of hydrogen-bond acceptors (Lipinski definition) is 2. The van der Waals surface area contributed by atoms with Gasteiger partial charge in [-0.15, -0.1) is 11.3 Å². The van der Waals surface area contributed by atoms with Gasteiger partial charge in [0.1, 0.15) is 11.2 Å². The van der Waals surface area contributed by atoms with Gasteiger partial charge in [0.15, 0.2) is 0 Å². The fraction of sp³-hybridized carbons (Fsp3) is 0. The summed E-state index contributed by atoms with van der Waals surface area (Å²) in [6, 6.07) is 63.8. The molecule has 11 aromatic rings. The molecule has 8 aromatic carbocycles. The minimum absolute atomic E-state index is 0.913. The van der Waals surface area contributed by atoms with Crippen molar-refractivity contribution in [3.05, 3.63) is 176 Å². The first-order valence-electron chi connectivity index (χ1n) is 17.3. The highest BCUT2D eigenvalue weighted by Crippen LogP contribution is 2.44. The van der Waals surface area contributed by atoms with Crippen molar-refractivity contribution < 1.29 is 4.42 Å². The van der Waals surface area contributed by atoms with Gasteiger partial charge in [0, 0.05) is 53.0 Å². The van der Waals surface area contributed by atoms with Crippen molar-refractivity contribution in [1.82, 2.24) is 4.57 Å². The second-order valence-electron chi connectivity index (χ2n) is 13.3. The molecule has 0 aliphatic heterocycles. The Balaban J connectivity index is 1.14. The van der Waals surface area contributed by atoms with Crippen molar-refractivity contribution in [2.75, 3.05) is 0 Å². The Hall–Kier alpha value is -6.42. The van der Waals surface area contributed by atoms with E-state index >= 15 is 0 Å². The lowest BCUT2D eigenvalue weighted by atomic mass is 9.97. The van der Waals surface area contributed by atoms with Crippen LogP contribution in [0.1, 0.15) is 0 Å². The molecule has 0 unspecified atom stereocenters. The monoisotopic (exact) mass is 667 g/mol. The van der Waals surface area contributed by atoms with E-state index in [1.807, 2.05) is 23.5 Å². The SMILES string of the molecule is c1ccc(-c2cccc(-c3cc(-n4c5ccccc5c5cc(-c6ccc7c(c6)oc6ccccc67)ccc54)cc4c3sc3ccccc34)c2)cc1. The van der Waals surface area contributed by atoms with Crippen LogP contribution in [-0.2, 0) is 0 Å². The number of rotatable bonds is 4. The van der Waals surface area contributed by atoms with Crippen molar-refractivity contribution in [1.29, 1.82) is 0 Å². The molecule has 0 radical (unpaired) electrons. The van der Waals surface area contributed by atoms with Gasteiger partial charge in [0.05, 0.1) is 11.0 Å². The van der Waals surface area contributed by atoms with E-state index < -0.39 is 0 Å². The third-order valence-electron chi connectivity index (χ3n) is 10.4. The smallest absolute Gasteiger partial charge is 0.136 e. The minimum Gasteiger partial charge on any atom is -0.456 e. The van der Waals surface area contributed by atoms with Gasteiger partial charge < -0.3 is 8.98 Å². The van der Waals surface area contributed by atoms with Gasteiger partial charge in [-0.3, -0.25) is 0 Å². The van der Waals surface area contributed by atoms with Gasteiger partial charge >= 0.3 is 0 Å². The summed E-state index contributed by atoms with van der Waals surface area (Å²) in [5.74, 6) is 0. The van der Waals surface area contributed by atoms with Crippen LogP contribution in [0.5, 0.6) is 0 Å². The van der Waals surface area contributed by atoms with E-state index in [4.69, 9.17) is 4.42 Å². The zero-order chi connectivity index (χ0) is 33.5. The molecule has 238 valence electrons. The summed E-state index contributed by atoms with van der Waals surface area (Å²) < 4.78 is 11.3. The number of fused-ring (bicyclic) bond motifs is 9. The summed E-state index contributed by atoms with van der Waals surface area (Å²) in [7, 11) is 0. The number of hydrogen-bond donors (Lipinski definition) is 0. The van der Waals surface area contributed by atoms with E-state index in [-0.39, 0.29) is 0 Å². The molecule has 0 aliphatic carbocycles. The fourth-order valence-corrected chi connectivity index (χ4v) is 9.21. The van der Waals surface area contributed by atoms with Crippen molar-refractivity contribution in [3.63, 3.8) is 0 Å². The molecule has 0 saturated heterocycles. The summed E-state index contributed by atoms with van der Waals surface area (Å²) in [5.41, 5.74) is 12.6. The van der Waals surface area contributed by atoms with Crippen molar-refractivity contribution in [3.8, 4) is 39.1 Å². The van der Waals surface area contributed by atoms with Crippen LogP contribution in [0.4, 0.5) is 0 Å². The lowest BCUT2D eigenvalue weighted by molar-refractivity contribution is 0.669. The standard InChI is InChI=1S/C48H29NOS/c1-2-11-30(12-3-1)31-13-10-14-34(25-31)40-28-35(29-42-39-17-6-9-20-47(39)51-48(40)42)49-43-18-7-4-15-36(43)41-26-32(22-24-44(41)49)33-21-23-38-37-16-5-8-19-45(37)50-46(38)27-33/h1-29H. The predicted octanol–water partition coefficient (Wildman–Crippen LogP) is 14.1. The molecule has 11 rings (SSSR count). The maximum Gasteiger partial charge on any atom is 0.136 e. The molecule has 0 atom stereocenters. The molecule has 0 bridgehead atoms. The van der Waals surface area contributed by atoms with E-state index in [9.17, 15) is 0 Å². The van der Waals surface area contributed by atoms with Gasteiger partial charge in [-0.05, 0) is 88.5 Å². The van der Waals surface area contributed by atoms with Crippen LogP contribution in [0.3, 0.4) is 0 Å². The average molecular weight is 668 g/mol. The van der Waals surface area contributed by atoms with E-state index in [2.05, 4.69) is 168 Å². The summed E-state index contributed by atoms with van der Waals surface area (Å²) in [4.78, 5) is 0. The second-order valence-corrected chi connectivity index (χ2v) is 14.4. The zero-order valence-corrected chi connectivity index (χ0v) is 28.3. The number of furan rings is 1. The lowest BCUT2D eigenvalue weighted by Gasteiger charge is -2.13. The molecule has 0 saturated carbocycles. The van der Waals surface area contributed by atoms with Crippen molar-refractivity contribution >= 4 is 75.3 Å². The average Bonchev–Trinajstić information content (AvgIpc) is 3.87. The zero-order valence-electron chi connectivity index (χ0n) is 27.5. The van der Waals surface area contributed by atoms with Crippen LogP contribution in [0, 0.1) is 0 Å². The summed E-state index contributed by atoms with van der Waals surface area (Å²) in [5, 5.41) is 7.35.